The third kappa shape index (κ3) is 3.39. The predicted molar refractivity (Wildman–Crippen MR) is 76.1 cm³/mol. The van der Waals surface area contributed by atoms with Gasteiger partial charge in [0, 0.05) is 0 Å². The van der Waals surface area contributed by atoms with Crippen LogP contribution < -0.4 is 11.1 Å². The summed E-state index contributed by atoms with van der Waals surface area (Å²) in [5.41, 5.74) is 5.96. The number of nitrogen functional groups attached to an aromatic ring is 1. The fourth-order valence-electron chi connectivity index (χ4n) is 1.54. The van der Waals surface area contributed by atoms with Crippen molar-refractivity contribution in [2.45, 2.75) is 6.61 Å². The number of hydrogen-bond acceptors (Lipinski definition) is 3. The van der Waals surface area contributed by atoms with Gasteiger partial charge in [0.2, 0.25) is 0 Å². The molecule has 0 spiro atoms. The molecule has 0 radical (unpaired) electrons. The molecule has 0 saturated heterocycles. The molecule has 0 fully saturated rings. The van der Waals surface area contributed by atoms with Crippen molar-refractivity contribution in [2.24, 2.45) is 0 Å². The summed E-state index contributed by atoms with van der Waals surface area (Å²) < 4.78 is 18.7. The Bertz CT molecular complexity index is 620. The number of nitrogens with one attached hydrogen (secondary N) is 1. The van der Waals surface area contributed by atoms with Crippen LogP contribution in [-0.4, -0.2) is 6.09 Å². The largest absolute Gasteiger partial charge is 0.444 e. The number of ether oxygens (including phenoxy) is 1. The number of carbonyl (C=O) groups excluding carboxylic acids is 1. The highest BCUT2D eigenvalue weighted by atomic mass is 35.5. The molecule has 0 aliphatic carbocycles. The zero-order valence-electron chi connectivity index (χ0n) is 10.4. The molecule has 20 heavy (non-hydrogen) atoms. The molecule has 0 aliphatic heterocycles. The van der Waals surface area contributed by atoms with Gasteiger partial charge in [0.25, 0.3) is 0 Å². The number of rotatable bonds is 3. The Balaban J connectivity index is 1.97. The van der Waals surface area contributed by atoms with Crippen LogP contribution in [0.4, 0.5) is 20.6 Å². The lowest BCUT2D eigenvalue weighted by molar-refractivity contribution is 0.155. The van der Waals surface area contributed by atoms with Crippen molar-refractivity contribution in [2.75, 3.05) is 11.1 Å². The third-order valence-electron chi connectivity index (χ3n) is 2.58. The maximum absolute atomic E-state index is 13.7. The fourth-order valence-corrected chi connectivity index (χ4v) is 1.68. The van der Waals surface area contributed by atoms with Crippen molar-refractivity contribution in [3.63, 3.8) is 0 Å². The minimum Gasteiger partial charge on any atom is -0.444 e. The van der Waals surface area contributed by atoms with Crippen LogP contribution in [0.5, 0.6) is 0 Å². The normalized spacial score (nSPS) is 10.1. The van der Waals surface area contributed by atoms with Crippen LogP contribution in [-0.2, 0) is 11.3 Å². The molecule has 0 aliphatic rings. The van der Waals surface area contributed by atoms with Gasteiger partial charge < -0.3 is 10.5 Å². The van der Waals surface area contributed by atoms with E-state index in [2.05, 4.69) is 5.32 Å². The van der Waals surface area contributed by atoms with Gasteiger partial charge in [-0.05, 0) is 17.7 Å². The van der Waals surface area contributed by atoms with Gasteiger partial charge >= 0.3 is 6.09 Å². The molecule has 0 heterocycles. The van der Waals surface area contributed by atoms with Crippen molar-refractivity contribution >= 4 is 29.1 Å². The first kappa shape index (κ1) is 14.1. The highest BCUT2D eigenvalue weighted by molar-refractivity contribution is 6.33. The molecule has 0 saturated carbocycles. The number of hydrogen-bond donors (Lipinski definition) is 2. The Morgan fingerprint density at radius 1 is 1.25 bits per heavy atom. The summed E-state index contributed by atoms with van der Waals surface area (Å²) in [5.74, 6) is -0.783. The van der Waals surface area contributed by atoms with E-state index in [1.165, 1.54) is 12.1 Å². The Morgan fingerprint density at radius 2 is 1.95 bits per heavy atom. The maximum Gasteiger partial charge on any atom is 0.412 e. The van der Waals surface area contributed by atoms with E-state index >= 15 is 0 Å². The number of halogens is 2. The molecule has 2 aromatic carbocycles. The Hall–Kier alpha value is -2.27. The van der Waals surface area contributed by atoms with E-state index in [1.54, 1.807) is 0 Å². The first-order chi connectivity index (χ1) is 9.58. The molecule has 1 amide bonds. The molecule has 2 rings (SSSR count). The minimum absolute atomic E-state index is 0.0787. The summed E-state index contributed by atoms with van der Waals surface area (Å²) in [6, 6.07) is 11.9. The van der Waals surface area contributed by atoms with E-state index in [0.29, 0.717) is 0 Å². The van der Waals surface area contributed by atoms with Gasteiger partial charge in [0.05, 0.1) is 16.4 Å². The number of carbonyl (C=O) groups is 1. The molecule has 0 aromatic heterocycles. The number of nitrogens with two attached hydrogens (primary N) is 1. The molecule has 2 aromatic rings. The SMILES string of the molecule is Nc1c(Cl)ccc(NC(=O)OCc2ccccc2)c1F. The minimum atomic E-state index is -0.783. The zero-order valence-corrected chi connectivity index (χ0v) is 11.2. The second-order valence-corrected chi connectivity index (χ2v) is 4.42. The summed E-state index contributed by atoms with van der Waals surface area (Å²) in [4.78, 5) is 11.6. The average molecular weight is 295 g/mol. The van der Waals surface area contributed by atoms with E-state index in [1.807, 2.05) is 30.3 Å². The van der Waals surface area contributed by atoms with Gasteiger partial charge in [0.1, 0.15) is 6.61 Å². The highest BCUT2D eigenvalue weighted by Crippen LogP contribution is 2.27. The number of amides is 1. The van der Waals surface area contributed by atoms with Crippen LogP contribution in [0.2, 0.25) is 5.02 Å². The van der Waals surface area contributed by atoms with Gasteiger partial charge in [0.15, 0.2) is 5.82 Å². The van der Waals surface area contributed by atoms with Crippen molar-refractivity contribution in [1.29, 1.82) is 0 Å². The smallest absolute Gasteiger partial charge is 0.412 e. The van der Waals surface area contributed by atoms with E-state index in [0.717, 1.165) is 5.56 Å². The Morgan fingerprint density at radius 3 is 2.65 bits per heavy atom. The van der Waals surface area contributed by atoms with E-state index < -0.39 is 11.9 Å². The quantitative estimate of drug-likeness (QED) is 0.846. The molecule has 104 valence electrons. The van der Waals surface area contributed by atoms with Crippen LogP contribution in [0.3, 0.4) is 0 Å². The summed E-state index contributed by atoms with van der Waals surface area (Å²) >= 11 is 5.65. The first-order valence-corrected chi connectivity index (χ1v) is 6.17. The topological polar surface area (TPSA) is 64.3 Å². The lowest BCUT2D eigenvalue weighted by Gasteiger charge is -2.09. The third-order valence-corrected chi connectivity index (χ3v) is 2.91. The summed E-state index contributed by atoms with van der Waals surface area (Å²) in [7, 11) is 0. The van der Waals surface area contributed by atoms with E-state index in [9.17, 15) is 9.18 Å². The fraction of sp³-hybridized carbons (Fsp3) is 0.0714. The maximum atomic E-state index is 13.7. The molecule has 0 bridgehead atoms. The van der Waals surface area contributed by atoms with Crippen LogP contribution in [0.25, 0.3) is 0 Å². The van der Waals surface area contributed by atoms with Crippen molar-refractivity contribution in [3.8, 4) is 0 Å². The Labute approximate surface area is 120 Å². The van der Waals surface area contributed by atoms with Gasteiger partial charge in [-0.25, -0.2) is 9.18 Å². The van der Waals surface area contributed by atoms with Gasteiger partial charge in [-0.2, -0.15) is 0 Å². The van der Waals surface area contributed by atoms with E-state index in [-0.39, 0.29) is 23.0 Å². The second-order valence-electron chi connectivity index (χ2n) is 4.01. The first-order valence-electron chi connectivity index (χ1n) is 5.79. The van der Waals surface area contributed by atoms with Crippen molar-refractivity contribution in [3.05, 3.63) is 58.9 Å². The molecular weight excluding hydrogens is 283 g/mol. The number of anilines is 2. The van der Waals surface area contributed by atoms with Crippen LogP contribution in [0, 0.1) is 5.82 Å². The molecule has 6 heteroatoms. The van der Waals surface area contributed by atoms with Crippen LogP contribution in [0.1, 0.15) is 5.56 Å². The number of benzene rings is 2. The molecule has 0 unspecified atom stereocenters. The van der Waals surface area contributed by atoms with Crippen LogP contribution >= 0.6 is 11.6 Å². The van der Waals surface area contributed by atoms with Crippen molar-refractivity contribution in [1.82, 2.24) is 0 Å². The predicted octanol–water partition coefficient (Wildman–Crippen LogP) is 3.81. The zero-order chi connectivity index (χ0) is 14.5. The van der Waals surface area contributed by atoms with Gasteiger partial charge in [-0.3, -0.25) is 5.32 Å². The lowest BCUT2D eigenvalue weighted by Crippen LogP contribution is -2.15. The molecule has 3 N–H and O–H groups in total. The molecule has 4 nitrogen and oxygen atoms in total. The van der Waals surface area contributed by atoms with Crippen molar-refractivity contribution < 1.29 is 13.9 Å². The van der Waals surface area contributed by atoms with E-state index in [4.69, 9.17) is 22.1 Å². The summed E-state index contributed by atoms with van der Waals surface area (Å²) in [6.45, 7) is 0.0946. The van der Waals surface area contributed by atoms with Crippen LogP contribution in [0.15, 0.2) is 42.5 Å². The standard InChI is InChI=1S/C14H12ClFN2O2/c15-10-6-7-11(12(16)13(10)17)18-14(19)20-8-9-4-2-1-3-5-9/h1-7H,8,17H2,(H,18,19). The monoisotopic (exact) mass is 294 g/mol. The average Bonchev–Trinajstić information content (AvgIpc) is 2.47. The summed E-state index contributed by atoms with van der Waals surface area (Å²) in [6.07, 6.45) is -0.769. The second kappa shape index (κ2) is 6.25. The Kier molecular flexibility index (Phi) is 4.42. The van der Waals surface area contributed by atoms with Gasteiger partial charge in [-0.15, -0.1) is 0 Å². The summed E-state index contributed by atoms with van der Waals surface area (Å²) in [5, 5.41) is 2.36. The van der Waals surface area contributed by atoms with Gasteiger partial charge in [-0.1, -0.05) is 41.9 Å². The molecule has 0 atom stereocenters. The highest BCUT2D eigenvalue weighted by Gasteiger charge is 2.12. The molecular formula is C14H12ClFN2O2. The lowest BCUT2D eigenvalue weighted by atomic mass is 10.2.